The van der Waals surface area contributed by atoms with Gasteiger partial charge in [0.15, 0.2) is 0 Å². The number of ether oxygens (including phenoxy) is 1. The Hall–Kier alpha value is -2.63. The topological polar surface area (TPSA) is 67.3 Å². The molecule has 0 aromatic carbocycles. The molecule has 1 aliphatic rings. The largest absolute Gasteiger partial charge is 0.456 e. The van der Waals surface area contributed by atoms with E-state index in [1.807, 2.05) is 39.0 Å². The third kappa shape index (κ3) is 4.94. The Bertz CT molecular complexity index is 750. The fourth-order valence-electron chi connectivity index (χ4n) is 2.90. The summed E-state index contributed by atoms with van der Waals surface area (Å²) in [6, 6.07) is 7.32. The quantitative estimate of drug-likeness (QED) is 0.832. The fraction of sp³-hybridized carbons (Fsp3) is 0.450. The SMILES string of the molecule is CC(C)(C)OC(=O)c1cc(Nc2cccnc2)nc(N2CCCCC2)c1. The van der Waals surface area contributed by atoms with Crippen LogP contribution in [0.2, 0.25) is 0 Å². The molecule has 6 heteroatoms. The number of pyridine rings is 2. The predicted molar refractivity (Wildman–Crippen MR) is 103 cm³/mol. The van der Waals surface area contributed by atoms with Gasteiger partial charge < -0.3 is 15.0 Å². The maximum atomic E-state index is 12.6. The van der Waals surface area contributed by atoms with Crippen LogP contribution in [-0.4, -0.2) is 34.6 Å². The Morgan fingerprint density at radius 3 is 2.62 bits per heavy atom. The van der Waals surface area contributed by atoms with Crippen LogP contribution in [0, 0.1) is 0 Å². The highest BCUT2D eigenvalue weighted by Crippen LogP contribution is 2.25. The van der Waals surface area contributed by atoms with E-state index in [4.69, 9.17) is 9.72 Å². The molecule has 0 spiro atoms. The molecule has 2 aromatic rings. The van der Waals surface area contributed by atoms with E-state index in [1.165, 1.54) is 6.42 Å². The molecule has 0 unspecified atom stereocenters. The average Bonchev–Trinajstić information content (AvgIpc) is 2.62. The highest BCUT2D eigenvalue weighted by Gasteiger charge is 2.21. The van der Waals surface area contributed by atoms with Gasteiger partial charge in [-0.05, 0) is 64.3 Å². The Morgan fingerprint density at radius 2 is 1.96 bits per heavy atom. The maximum absolute atomic E-state index is 12.6. The molecule has 6 nitrogen and oxygen atoms in total. The molecule has 0 radical (unpaired) electrons. The highest BCUT2D eigenvalue weighted by molar-refractivity contribution is 5.91. The number of hydrogen-bond acceptors (Lipinski definition) is 6. The summed E-state index contributed by atoms with van der Waals surface area (Å²) in [5.41, 5.74) is 0.788. The van der Waals surface area contributed by atoms with Crippen LogP contribution in [0.4, 0.5) is 17.3 Å². The standard InChI is InChI=1S/C20H26N4O2/c1-20(2,3)26-19(25)15-12-17(22-16-8-7-9-21-14-16)23-18(13-15)24-10-5-4-6-11-24/h7-9,12-14H,4-6,10-11H2,1-3H3,(H,22,23). The molecule has 1 fully saturated rings. The molecule has 26 heavy (non-hydrogen) atoms. The third-order valence-electron chi connectivity index (χ3n) is 4.06. The first-order valence-electron chi connectivity index (χ1n) is 9.08. The second-order valence-corrected chi connectivity index (χ2v) is 7.52. The van der Waals surface area contributed by atoms with Gasteiger partial charge in [-0.1, -0.05) is 0 Å². The average molecular weight is 354 g/mol. The number of nitrogens with one attached hydrogen (secondary N) is 1. The lowest BCUT2D eigenvalue weighted by Gasteiger charge is -2.28. The number of rotatable bonds is 4. The molecule has 3 heterocycles. The molecule has 0 atom stereocenters. The normalized spacial score (nSPS) is 14.8. The van der Waals surface area contributed by atoms with Crippen molar-refractivity contribution in [1.82, 2.24) is 9.97 Å². The number of esters is 1. The minimum atomic E-state index is -0.539. The third-order valence-corrected chi connectivity index (χ3v) is 4.06. The molecule has 0 saturated carbocycles. The summed E-state index contributed by atoms with van der Waals surface area (Å²) in [5.74, 6) is 1.08. The Kier molecular flexibility index (Phi) is 5.40. The van der Waals surface area contributed by atoms with E-state index < -0.39 is 5.60 Å². The summed E-state index contributed by atoms with van der Waals surface area (Å²) < 4.78 is 5.55. The van der Waals surface area contributed by atoms with Crippen molar-refractivity contribution >= 4 is 23.3 Å². The van der Waals surface area contributed by atoms with Gasteiger partial charge in [0.2, 0.25) is 0 Å². The van der Waals surface area contributed by atoms with E-state index in [1.54, 1.807) is 18.5 Å². The van der Waals surface area contributed by atoms with Crippen molar-refractivity contribution in [2.75, 3.05) is 23.3 Å². The monoisotopic (exact) mass is 354 g/mol. The molecule has 1 N–H and O–H groups in total. The molecular formula is C20H26N4O2. The van der Waals surface area contributed by atoms with Gasteiger partial charge in [0.25, 0.3) is 0 Å². The molecule has 1 aliphatic heterocycles. The van der Waals surface area contributed by atoms with Crippen molar-refractivity contribution in [3.63, 3.8) is 0 Å². The second-order valence-electron chi connectivity index (χ2n) is 7.52. The van der Waals surface area contributed by atoms with Gasteiger partial charge in [0.1, 0.15) is 17.2 Å². The zero-order valence-corrected chi connectivity index (χ0v) is 15.7. The van der Waals surface area contributed by atoms with Crippen molar-refractivity contribution in [3.05, 3.63) is 42.2 Å². The molecule has 0 amide bonds. The van der Waals surface area contributed by atoms with Crippen LogP contribution in [0.3, 0.4) is 0 Å². The van der Waals surface area contributed by atoms with Crippen molar-refractivity contribution in [2.24, 2.45) is 0 Å². The number of nitrogens with zero attached hydrogens (tertiary/aromatic N) is 3. The molecule has 138 valence electrons. The number of aromatic nitrogens is 2. The lowest BCUT2D eigenvalue weighted by atomic mass is 10.1. The predicted octanol–water partition coefficient (Wildman–Crippen LogP) is 4.17. The molecular weight excluding hydrogens is 328 g/mol. The number of hydrogen-bond donors (Lipinski definition) is 1. The molecule has 3 rings (SSSR count). The van der Waals surface area contributed by atoms with Crippen LogP contribution in [0.15, 0.2) is 36.7 Å². The van der Waals surface area contributed by atoms with E-state index in [9.17, 15) is 4.79 Å². The van der Waals surface area contributed by atoms with E-state index >= 15 is 0 Å². The van der Waals surface area contributed by atoms with Gasteiger partial charge in [-0.2, -0.15) is 0 Å². The molecule has 0 aliphatic carbocycles. The molecule has 2 aromatic heterocycles. The van der Waals surface area contributed by atoms with E-state index in [2.05, 4.69) is 15.2 Å². The van der Waals surface area contributed by atoms with E-state index in [0.29, 0.717) is 11.4 Å². The summed E-state index contributed by atoms with van der Waals surface area (Å²) >= 11 is 0. The van der Waals surface area contributed by atoms with Crippen LogP contribution in [-0.2, 0) is 4.74 Å². The van der Waals surface area contributed by atoms with Crippen LogP contribution >= 0.6 is 0 Å². The lowest BCUT2D eigenvalue weighted by molar-refractivity contribution is 0.00695. The van der Waals surface area contributed by atoms with Crippen LogP contribution in [0.1, 0.15) is 50.4 Å². The van der Waals surface area contributed by atoms with Gasteiger partial charge in [-0.3, -0.25) is 4.98 Å². The van der Waals surface area contributed by atoms with Crippen LogP contribution < -0.4 is 10.2 Å². The summed E-state index contributed by atoms with van der Waals surface area (Å²) in [6.45, 7) is 7.51. The van der Waals surface area contributed by atoms with Gasteiger partial charge in [-0.15, -0.1) is 0 Å². The first kappa shape index (κ1) is 18.2. The van der Waals surface area contributed by atoms with Crippen molar-refractivity contribution in [1.29, 1.82) is 0 Å². The van der Waals surface area contributed by atoms with E-state index in [0.717, 1.165) is 37.4 Å². The number of piperidine rings is 1. The first-order valence-corrected chi connectivity index (χ1v) is 9.08. The van der Waals surface area contributed by atoms with Gasteiger partial charge in [0, 0.05) is 19.3 Å². The van der Waals surface area contributed by atoms with Crippen molar-refractivity contribution in [3.8, 4) is 0 Å². The zero-order valence-electron chi connectivity index (χ0n) is 15.7. The van der Waals surface area contributed by atoms with E-state index in [-0.39, 0.29) is 5.97 Å². The molecule has 0 bridgehead atoms. The van der Waals surface area contributed by atoms with Gasteiger partial charge in [-0.25, -0.2) is 9.78 Å². The lowest BCUT2D eigenvalue weighted by Crippen LogP contribution is -2.30. The second kappa shape index (κ2) is 7.72. The van der Waals surface area contributed by atoms with Crippen LogP contribution in [0.5, 0.6) is 0 Å². The number of carbonyl (C=O) groups is 1. The maximum Gasteiger partial charge on any atom is 0.338 e. The van der Waals surface area contributed by atoms with Crippen LogP contribution in [0.25, 0.3) is 0 Å². The Balaban J connectivity index is 1.91. The number of carbonyl (C=O) groups excluding carboxylic acids is 1. The Morgan fingerprint density at radius 1 is 1.19 bits per heavy atom. The fourth-order valence-corrected chi connectivity index (χ4v) is 2.90. The smallest absolute Gasteiger partial charge is 0.338 e. The summed E-state index contributed by atoms with van der Waals surface area (Å²) in [7, 11) is 0. The number of anilines is 3. The zero-order chi connectivity index (χ0) is 18.6. The van der Waals surface area contributed by atoms with Crippen molar-refractivity contribution in [2.45, 2.75) is 45.6 Å². The minimum absolute atomic E-state index is 0.340. The minimum Gasteiger partial charge on any atom is -0.456 e. The summed E-state index contributed by atoms with van der Waals surface area (Å²) in [4.78, 5) is 23.6. The Labute approximate surface area is 154 Å². The summed E-state index contributed by atoms with van der Waals surface area (Å²) in [5, 5.41) is 3.23. The first-order chi connectivity index (χ1) is 12.4. The summed E-state index contributed by atoms with van der Waals surface area (Å²) in [6.07, 6.45) is 6.97. The van der Waals surface area contributed by atoms with Gasteiger partial charge >= 0.3 is 5.97 Å². The van der Waals surface area contributed by atoms with Crippen molar-refractivity contribution < 1.29 is 9.53 Å². The van der Waals surface area contributed by atoms with Gasteiger partial charge in [0.05, 0.1) is 17.4 Å². The highest BCUT2D eigenvalue weighted by atomic mass is 16.6. The molecule has 1 saturated heterocycles.